The number of carbonyl (C=O) groups excluding carboxylic acids is 1. The quantitative estimate of drug-likeness (QED) is 0.296. The molecule has 4 rings (SSSR count). The third-order valence-corrected chi connectivity index (χ3v) is 7.78. The number of aromatic nitrogens is 2. The second-order valence-corrected chi connectivity index (χ2v) is 10.00. The Labute approximate surface area is 197 Å². The van der Waals surface area contributed by atoms with E-state index >= 15 is 0 Å². The van der Waals surface area contributed by atoms with Crippen LogP contribution in [0.1, 0.15) is 6.92 Å². The minimum absolute atomic E-state index is 0.116. The first-order chi connectivity index (χ1) is 15.4. The van der Waals surface area contributed by atoms with Crippen molar-refractivity contribution in [2.75, 3.05) is 19.5 Å². The predicted octanol–water partition coefficient (Wildman–Crippen LogP) is 4.86. The molecule has 4 aromatic rings. The number of nitrogens with zero attached hydrogens (tertiary/aromatic N) is 2. The SMILES string of the molecule is COc1ccc(NC(=O)C(C)Sc2nc3scc(-c4cccs4)c3c(=O)n2C)cc1OC. The number of hydrogen-bond donors (Lipinski definition) is 1. The molecule has 1 aromatic carbocycles. The van der Waals surface area contributed by atoms with Crippen LogP contribution >= 0.6 is 34.4 Å². The highest BCUT2D eigenvalue weighted by molar-refractivity contribution is 8.00. The Morgan fingerprint density at radius 2 is 1.97 bits per heavy atom. The summed E-state index contributed by atoms with van der Waals surface area (Å²) in [5.74, 6) is 0.902. The molecule has 0 saturated carbocycles. The lowest BCUT2D eigenvalue weighted by Gasteiger charge is -2.15. The van der Waals surface area contributed by atoms with E-state index in [1.54, 1.807) is 57.7 Å². The Balaban J connectivity index is 1.56. The Morgan fingerprint density at radius 1 is 1.19 bits per heavy atom. The lowest BCUT2D eigenvalue weighted by molar-refractivity contribution is -0.115. The summed E-state index contributed by atoms with van der Waals surface area (Å²) in [6.45, 7) is 1.78. The number of hydrogen-bond acceptors (Lipinski definition) is 8. The number of thioether (sulfide) groups is 1. The average molecular weight is 488 g/mol. The van der Waals surface area contributed by atoms with Gasteiger partial charge >= 0.3 is 0 Å². The third kappa shape index (κ3) is 4.25. The second-order valence-electron chi connectivity index (χ2n) is 6.88. The van der Waals surface area contributed by atoms with Crippen molar-refractivity contribution in [3.8, 4) is 21.9 Å². The van der Waals surface area contributed by atoms with Gasteiger partial charge in [-0.05, 0) is 30.5 Å². The maximum absolute atomic E-state index is 13.1. The molecule has 7 nitrogen and oxygen atoms in total. The van der Waals surface area contributed by atoms with Crippen molar-refractivity contribution in [1.29, 1.82) is 0 Å². The Kier molecular flexibility index (Phi) is 6.54. The first-order valence-corrected chi connectivity index (χ1v) is 12.3. The van der Waals surface area contributed by atoms with E-state index in [0.717, 1.165) is 10.4 Å². The average Bonchev–Trinajstić information content (AvgIpc) is 3.46. The molecular weight excluding hydrogens is 466 g/mol. The number of rotatable bonds is 7. The van der Waals surface area contributed by atoms with Crippen LogP contribution in [0.4, 0.5) is 5.69 Å². The van der Waals surface area contributed by atoms with Gasteiger partial charge in [0, 0.05) is 34.6 Å². The molecule has 166 valence electrons. The van der Waals surface area contributed by atoms with Gasteiger partial charge in [0.05, 0.1) is 24.9 Å². The molecule has 0 aliphatic heterocycles. The molecule has 0 aliphatic carbocycles. The third-order valence-electron chi connectivity index (χ3n) is 4.86. The van der Waals surface area contributed by atoms with Gasteiger partial charge in [0.1, 0.15) is 4.83 Å². The van der Waals surface area contributed by atoms with E-state index in [1.165, 1.54) is 27.7 Å². The Hall–Kier alpha value is -2.82. The molecule has 0 bridgehead atoms. The number of fused-ring (bicyclic) bond motifs is 1. The van der Waals surface area contributed by atoms with E-state index in [1.807, 2.05) is 22.9 Å². The molecule has 0 fully saturated rings. The summed E-state index contributed by atoms with van der Waals surface area (Å²) < 4.78 is 12.0. The van der Waals surface area contributed by atoms with Crippen molar-refractivity contribution >= 4 is 56.2 Å². The summed E-state index contributed by atoms with van der Waals surface area (Å²) in [6.07, 6.45) is 0. The summed E-state index contributed by atoms with van der Waals surface area (Å²) in [5, 5.41) is 7.46. The second kappa shape index (κ2) is 9.35. The highest BCUT2D eigenvalue weighted by Gasteiger charge is 2.21. The molecule has 1 unspecified atom stereocenters. The molecule has 0 aliphatic rings. The molecule has 10 heteroatoms. The Bertz CT molecular complexity index is 1330. The molecule has 32 heavy (non-hydrogen) atoms. The van der Waals surface area contributed by atoms with Gasteiger partial charge in [0.15, 0.2) is 16.7 Å². The normalized spacial score (nSPS) is 12.0. The number of thiophene rings is 2. The van der Waals surface area contributed by atoms with E-state index in [-0.39, 0.29) is 11.5 Å². The zero-order valence-electron chi connectivity index (χ0n) is 17.9. The largest absolute Gasteiger partial charge is 0.493 e. The van der Waals surface area contributed by atoms with E-state index in [4.69, 9.17) is 9.47 Å². The highest BCUT2D eigenvalue weighted by atomic mass is 32.2. The maximum Gasteiger partial charge on any atom is 0.263 e. The minimum atomic E-state index is -0.477. The van der Waals surface area contributed by atoms with E-state index < -0.39 is 5.25 Å². The molecule has 0 radical (unpaired) electrons. The molecule has 1 atom stereocenters. The molecule has 0 saturated heterocycles. The van der Waals surface area contributed by atoms with Crippen LogP contribution in [0, 0.1) is 0 Å². The number of amides is 1. The first-order valence-electron chi connectivity index (χ1n) is 9.64. The van der Waals surface area contributed by atoms with Crippen molar-refractivity contribution in [3.63, 3.8) is 0 Å². The summed E-state index contributed by atoms with van der Waals surface area (Å²) in [5.41, 5.74) is 1.38. The van der Waals surface area contributed by atoms with Crippen LogP contribution in [0.5, 0.6) is 11.5 Å². The standard InChI is InChI=1S/C22H21N3O4S3/c1-12(19(26)23-13-7-8-15(28-3)16(10-13)29-4)32-22-24-20-18(21(27)25(22)2)14(11-31-20)17-6-5-9-30-17/h5-12H,1-4H3,(H,23,26). The van der Waals surface area contributed by atoms with Crippen molar-refractivity contribution in [1.82, 2.24) is 9.55 Å². The van der Waals surface area contributed by atoms with Crippen LogP contribution in [-0.4, -0.2) is 34.9 Å². The van der Waals surface area contributed by atoms with E-state index in [2.05, 4.69) is 10.3 Å². The molecule has 0 spiro atoms. The van der Waals surface area contributed by atoms with Crippen molar-refractivity contribution in [2.45, 2.75) is 17.3 Å². The number of methoxy groups -OCH3 is 2. The number of ether oxygens (including phenoxy) is 2. The first kappa shape index (κ1) is 22.4. The molecule has 3 aromatic heterocycles. The summed E-state index contributed by atoms with van der Waals surface area (Å²) in [4.78, 5) is 32.3. The molecular formula is C22H21N3O4S3. The van der Waals surface area contributed by atoms with Gasteiger partial charge in [-0.3, -0.25) is 14.2 Å². The topological polar surface area (TPSA) is 82.5 Å². The van der Waals surface area contributed by atoms with Crippen LogP contribution in [0.3, 0.4) is 0 Å². The van der Waals surface area contributed by atoms with Gasteiger partial charge in [-0.1, -0.05) is 17.8 Å². The minimum Gasteiger partial charge on any atom is -0.493 e. The lowest BCUT2D eigenvalue weighted by Crippen LogP contribution is -2.25. The number of nitrogens with one attached hydrogen (secondary N) is 1. The monoisotopic (exact) mass is 487 g/mol. The molecule has 1 amide bonds. The van der Waals surface area contributed by atoms with Gasteiger partial charge < -0.3 is 14.8 Å². The van der Waals surface area contributed by atoms with Gasteiger partial charge in [0.2, 0.25) is 5.91 Å². The number of benzene rings is 1. The summed E-state index contributed by atoms with van der Waals surface area (Å²) >= 11 is 4.27. The van der Waals surface area contributed by atoms with Gasteiger partial charge in [0.25, 0.3) is 5.56 Å². The Morgan fingerprint density at radius 3 is 2.66 bits per heavy atom. The summed E-state index contributed by atoms with van der Waals surface area (Å²) in [7, 11) is 4.78. The van der Waals surface area contributed by atoms with Crippen LogP contribution in [0.2, 0.25) is 0 Å². The number of anilines is 1. The van der Waals surface area contributed by atoms with Crippen molar-refractivity contribution < 1.29 is 14.3 Å². The maximum atomic E-state index is 13.1. The van der Waals surface area contributed by atoms with Crippen molar-refractivity contribution in [2.24, 2.45) is 7.05 Å². The van der Waals surface area contributed by atoms with Gasteiger partial charge in [-0.25, -0.2) is 4.98 Å². The van der Waals surface area contributed by atoms with Crippen LogP contribution in [0.15, 0.2) is 51.0 Å². The zero-order valence-corrected chi connectivity index (χ0v) is 20.3. The van der Waals surface area contributed by atoms with E-state index in [9.17, 15) is 9.59 Å². The fourth-order valence-electron chi connectivity index (χ4n) is 3.14. The fourth-order valence-corrected chi connectivity index (χ4v) is 5.82. The summed E-state index contributed by atoms with van der Waals surface area (Å²) in [6, 6.07) is 9.13. The highest BCUT2D eigenvalue weighted by Crippen LogP contribution is 2.35. The smallest absolute Gasteiger partial charge is 0.263 e. The van der Waals surface area contributed by atoms with Gasteiger partial charge in [-0.2, -0.15) is 0 Å². The lowest BCUT2D eigenvalue weighted by atomic mass is 10.2. The van der Waals surface area contributed by atoms with Crippen LogP contribution in [0.25, 0.3) is 20.7 Å². The van der Waals surface area contributed by atoms with Crippen LogP contribution < -0.4 is 20.3 Å². The zero-order chi connectivity index (χ0) is 22.8. The van der Waals surface area contributed by atoms with E-state index in [0.29, 0.717) is 32.6 Å². The van der Waals surface area contributed by atoms with Crippen LogP contribution in [-0.2, 0) is 11.8 Å². The molecule has 3 heterocycles. The fraction of sp³-hybridized carbons (Fsp3) is 0.227. The van der Waals surface area contributed by atoms with Gasteiger partial charge in [-0.15, -0.1) is 22.7 Å². The number of carbonyl (C=O) groups is 1. The predicted molar refractivity (Wildman–Crippen MR) is 132 cm³/mol. The molecule has 1 N–H and O–H groups in total. The van der Waals surface area contributed by atoms with Crippen molar-refractivity contribution in [3.05, 3.63) is 51.4 Å².